The van der Waals surface area contributed by atoms with E-state index in [2.05, 4.69) is 10.1 Å². The molecule has 6 nitrogen and oxygen atoms in total. The topological polar surface area (TPSA) is 85.7 Å². The van der Waals surface area contributed by atoms with Crippen molar-refractivity contribution in [2.45, 2.75) is 18.9 Å². The summed E-state index contributed by atoms with van der Waals surface area (Å²) in [5.41, 5.74) is 7.57. The summed E-state index contributed by atoms with van der Waals surface area (Å²) in [4.78, 5) is 4.08. The number of aromatic nitrogens is 3. The molecule has 2 aromatic heterocycles. The van der Waals surface area contributed by atoms with E-state index in [0.29, 0.717) is 35.2 Å². The summed E-state index contributed by atoms with van der Waals surface area (Å²) in [5, 5.41) is 14.3. The van der Waals surface area contributed by atoms with Gasteiger partial charge in [-0.25, -0.2) is 13.3 Å². The lowest BCUT2D eigenvalue weighted by atomic mass is 10.1. The van der Waals surface area contributed by atoms with Gasteiger partial charge in [0.05, 0.1) is 17.7 Å². The van der Waals surface area contributed by atoms with Gasteiger partial charge in [0.25, 0.3) is 0 Å². The van der Waals surface area contributed by atoms with Gasteiger partial charge in [0.15, 0.2) is 17.2 Å². The van der Waals surface area contributed by atoms with Crippen LogP contribution in [0.5, 0.6) is 5.75 Å². The molecule has 0 unspecified atom stereocenters. The number of fused-ring (bicyclic) bond motifs is 1. The van der Waals surface area contributed by atoms with Crippen LogP contribution in [0.1, 0.15) is 24.5 Å². The number of rotatable bonds is 7. The van der Waals surface area contributed by atoms with Crippen molar-refractivity contribution in [1.29, 1.82) is 0 Å². The Morgan fingerprint density at radius 1 is 1.13 bits per heavy atom. The third-order valence-electron chi connectivity index (χ3n) is 4.84. The molecule has 1 atom stereocenters. The minimum Gasteiger partial charge on any atom is -0.489 e. The van der Waals surface area contributed by atoms with Crippen LogP contribution >= 0.6 is 11.6 Å². The number of ether oxygens (including phenoxy) is 1. The van der Waals surface area contributed by atoms with Gasteiger partial charge in [-0.1, -0.05) is 23.7 Å². The van der Waals surface area contributed by atoms with E-state index in [1.165, 1.54) is 28.8 Å². The van der Waals surface area contributed by atoms with Crippen molar-refractivity contribution >= 4 is 23.2 Å². The van der Waals surface area contributed by atoms with Crippen LogP contribution in [0.2, 0.25) is 5.02 Å². The largest absolute Gasteiger partial charge is 0.489 e. The van der Waals surface area contributed by atoms with E-state index in [1.807, 2.05) is 0 Å². The van der Waals surface area contributed by atoms with Crippen LogP contribution in [0.15, 0.2) is 54.7 Å². The highest BCUT2D eigenvalue weighted by Crippen LogP contribution is 2.35. The second kappa shape index (κ2) is 8.87. The lowest BCUT2D eigenvalue weighted by Gasteiger charge is -2.14. The number of pyridine rings is 1. The summed E-state index contributed by atoms with van der Waals surface area (Å²) in [6.45, 7) is 0.151. The van der Waals surface area contributed by atoms with Crippen LogP contribution in [0.4, 0.5) is 14.7 Å². The standard InChI is InChI=1S/C22H19ClF2N4O2/c23-17-8-7-16(14-9-10-29-19(12-14)27-22(26)28-29)20(25)21(17)31-11-1-2-18(30)13-3-5-15(24)6-4-13/h3-10,12,18,30H,1-2,11H2,(H2,26,28)/t18-/m1/s1. The summed E-state index contributed by atoms with van der Waals surface area (Å²) < 4.78 is 35.2. The number of nitrogens with zero attached hydrogens (tertiary/aromatic N) is 3. The van der Waals surface area contributed by atoms with E-state index < -0.39 is 11.9 Å². The Balaban J connectivity index is 1.45. The Kier molecular flexibility index (Phi) is 6.01. The molecule has 2 aromatic carbocycles. The summed E-state index contributed by atoms with van der Waals surface area (Å²) >= 11 is 6.15. The maximum absolute atomic E-state index is 15.2. The molecule has 9 heteroatoms. The number of hydrogen-bond acceptors (Lipinski definition) is 5. The fraction of sp³-hybridized carbons (Fsp3) is 0.182. The van der Waals surface area contributed by atoms with Crippen molar-refractivity contribution < 1.29 is 18.6 Å². The number of aliphatic hydroxyl groups is 1. The molecule has 0 saturated heterocycles. The first-order valence-corrected chi connectivity index (χ1v) is 9.97. The normalized spacial score (nSPS) is 12.3. The Bertz CT molecular complexity index is 1210. The third kappa shape index (κ3) is 4.60. The summed E-state index contributed by atoms with van der Waals surface area (Å²) in [6, 6.07) is 12.1. The van der Waals surface area contributed by atoms with E-state index in [1.54, 1.807) is 30.5 Å². The number of hydrogen-bond donors (Lipinski definition) is 2. The van der Waals surface area contributed by atoms with Crippen LogP contribution in [0.3, 0.4) is 0 Å². The summed E-state index contributed by atoms with van der Waals surface area (Å²) in [7, 11) is 0. The maximum Gasteiger partial charge on any atom is 0.240 e. The van der Waals surface area contributed by atoms with Crippen LogP contribution in [-0.2, 0) is 0 Å². The van der Waals surface area contributed by atoms with Crippen molar-refractivity contribution in [3.63, 3.8) is 0 Å². The molecule has 3 N–H and O–H groups in total. The zero-order chi connectivity index (χ0) is 22.0. The van der Waals surface area contributed by atoms with Gasteiger partial charge in [-0.05, 0) is 60.4 Å². The van der Waals surface area contributed by atoms with Crippen LogP contribution in [-0.4, -0.2) is 26.3 Å². The van der Waals surface area contributed by atoms with E-state index in [4.69, 9.17) is 22.1 Å². The highest BCUT2D eigenvalue weighted by atomic mass is 35.5. The molecule has 0 fully saturated rings. The van der Waals surface area contributed by atoms with Crippen LogP contribution in [0, 0.1) is 11.6 Å². The zero-order valence-corrected chi connectivity index (χ0v) is 17.1. The lowest BCUT2D eigenvalue weighted by molar-refractivity contribution is 0.154. The summed E-state index contributed by atoms with van der Waals surface area (Å²) in [5.74, 6) is -0.892. The lowest BCUT2D eigenvalue weighted by Crippen LogP contribution is -2.04. The average Bonchev–Trinajstić information content (AvgIpc) is 3.12. The molecule has 2 heterocycles. The third-order valence-corrected chi connectivity index (χ3v) is 5.13. The van der Waals surface area contributed by atoms with Gasteiger partial charge < -0.3 is 15.6 Å². The molecule has 4 rings (SSSR count). The predicted octanol–water partition coefficient (Wildman–Crippen LogP) is 4.80. The molecule has 4 aromatic rings. The second-order valence-corrected chi connectivity index (χ2v) is 7.39. The highest BCUT2D eigenvalue weighted by Gasteiger charge is 2.17. The van der Waals surface area contributed by atoms with Gasteiger partial charge in [-0.3, -0.25) is 0 Å². The quantitative estimate of drug-likeness (QED) is 0.400. The molecule has 0 aliphatic rings. The molecule has 0 aliphatic heterocycles. The molecule has 0 amide bonds. The average molecular weight is 445 g/mol. The van der Waals surface area contributed by atoms with Gasteiger partial charge in [0.2, 0.25) is 5.95 Å². The van der Waals surface area contributed by atoms with E-state index >= 15 is 4.39 Å². The molecule has 31 heavy (non-hydrogen) atoms. The Hall–Kier alpha value is -3.23. The van der Waals surface area contributed by atoms with Crippen LogP contribution < -0.4 is 10.5 Å². The highest BCUT2D eigenvalue weighted by molar-refractivity contribution is 6.32. The minimum absolute atomic E-state index is 0.0590. The molecule has 0 radical (unpaired) electrons. The molecule has 0 saturated carbocycles. The first-order valence-electron chi connectivity index (χ1n) is 9.59. The van der Waals surface area contributed by atoms with Crippen LogP contribution in [0.25, 0.3) is 16.8 Å². The molecule has 160 valence electrons. The van der Waals surface area contributed by atoms with Crippen molar-refractivity contribution in [3.8, 4) is 16.9 Å². The minimum atomic E-state index is -0.766. The van der Waals surface area contributed by atoms with Gasteiger partial charge in [0.1, 0.15) is 5.82 Å². The Morgan fingerprint density at radius 2 is 1.90 bits per heavy atom. The first kappa shape index (κ1) is 21.0. The van der Waals surface area contributed by atoms with Gasteiger partial charge in [-0.15, -0.1) is 5.10 Å². The Morgan fingerprint density at radius 3 is 2.68 bits per heavy atom. The smallest absolute Gasteiger partial charge is 0.240 e. The molecule has 0 bridgehead atoms. The number of benzene rings is 2. The molecule has 0 aliphatic carbocycles. The van der Waals surface area contributed by atoms with Crippen molar-refractivity contribution in [1.82, 2.24) is 14.6 Å². The van der Waals surface area contributed by atoms with Gasteiger partial charge in [-0.2, -0.15) is 4.98 Å². The van der Waals surface area contributed by atoms with E-state index in [-0.39, 0.29) is 29.1 Å². The fourth-order valence-corrected chi connectivity index (χ4v) is 3.46. The SMILES string of the molecule is Nc1nc2cc(-c3ccc(Cl)c(OCCC[C@@H](O)c4ccc(F)cc4)c3F)ccn2n1. The summed E-state index contributed by atoms with van der Waals surface area (Å²) in [6.07, 6.45) is 1.69. The van der Waals surface area contributed by atoms with Crippen molar-refractivity contribution in [3.05, 3.63) is 76.9 Å². The second-order valence-electron chi connectivity index (χ2n) is 6.98. The number of halogens is 3. The molecule has 0 spiro atoms. The number of nitrogens with two attached hydrogens (primary N) is 1. The van der Waals surface area contributed by atoms with E-state index in [0.717, 1.165) is 0 Å². The van der Waals surface area contributed by atoms with Gasteiger partial charge >= 0.3 is 0 Å². The number of anilines is 1. The monoisotopic (exact) mass is 444 g/mol. The predicted molar refractivity (Wildman–Crippen MR) is 114 cm³/mol. The van der Waals surface area contributed by atoms with Crippen molar-refractivity contribution in [2.75, 3.05) is 12.3 Å². The first-order chi connectivity index (χ1) is 14.9. The number of nitrogen functional groups attached to an aromatic ring is 1. The van der Waals surface area contributed by atoms with Crippen molar-refractivity contribution in [2.24, 2.45) is 0 Å². The Labute approximate surface area is 181 Å². The van der Waals surface area contributed by atoms with Gasteiger partial charge in [0, 0.05) is 11.8 Å². The van der Waals surface area contributed by atoms with E-state index in [9.17, 15) is 9.50 Å². The molecular formula is C22H19ClF2N4O2. The fourth-order valence-electron chi connectivity index (χ4n) is 3.26. The zero-order valence-electron chi connectivity index (χ0n) is 16.3. The maximum atomic E-state index is 15.2. The molecular weight excluding hydrogens is 426 g/mol. The number of aliphatic hydroxyl groups excluding tert-OH is 1.